The molecule has 0 saturated carbocycles. The third-order valence-corrected chi connectivity index (χ3v) is 5.18. The van der Waals surface area contributed by atoms with Gasteiger partial charge in [0, 0.05) is 6.42 Å². The maximum atomic E-state index is 13.0. The van der Waals surface area contributed by atoms with Gasteiger partial charge in [-0.25, -0.2) is 0 Å². The molecule has 2 aromatic carbocycles. The topological polar surface area (TPSA) is 87.4 Å². The number of hydrogen-bond acceptors (Lipinski definition) is 4. The lowest BCUT2D eigenvalue weighted by atomic mass is 10.1. The summed E-state index contributed by atoms with van der Waals surface area (Å²) < 4.78 is 114. The highest BCUT2D eigenvalue weighted by molar-refractivity contribution is 7.86. The minimum absolute atomic E-state index is 0.232. The molecule has 1 N–H and O–H groups in total. The highest BCUT2D eigenvalue weighted by Crippen LogP contribution is 2.38. The number of halogens is 6. The minimum atomic E-state index is -4.93. The van der Waals surface area contributed by atoms with E-state index in [1.807, 2.05) is 0 Å². The third kappa shape index (κ3) is 6.11. The molecule has 0 bridgehead atoms. The smallest absolute Gasteiger partial charge is 0.417 e. The summed E-state index contributed by atoms with van der Waals surface area (Å²) in [7, 11) is -4.93. The fourth-order valence-corrected chi connectivity index (χ4v) is 3.56. The molecule has 0 aliphatic carbocycles. The Hall–Kier alpha value is -2.78. The number of benzene rings is 2. The van der Waals surface area contributed by atoms with Gasteiger partial charge in [0.15, 0.2) is 0 Å². The standard InChI is InChI=1S/C18H13F6NO4S/c19-17(20,21)8-7-16(30(26,27)28)11-3-1-4-12(9-11)29-15-6-2-5-14(13(15)10-25)18(22,23)24/h1-6,9,16H,7-8H2,(H,26,27,28). The van der Waals surface area contributed by atoms with E-state index in [0.717, 1.165) is 24.3 Å². The number of nitrogens with zero attached hydrogens (tertiary/aromatic N) is 1. The van der Waals surface area contributed by atoms with Crippen molar-refractivity contribution in [2.45, 2.75) is 30.4 Å². The van der Waals surface area contributed by atoms with Crippen molar-refractivity contribution in [1.29, 1.82) is 5.26 Å². The summed E-state index contributed by atoms with van der Waals surface area (Å²) in [6, 6.07) is 8.61. The average molecular weight is 453 g/mol. The van der Waals surface area contributed by atoms with E-state index in [4.69, 9.17) is 10.00 Å². The molecule has 2 aromatic rings. The summed E-state index contributed by atoms with van der Waals surface area (Å²) in [4.78, 5) is 0. The molecule has 0 heterocycles. The Kier molecular flexibility index (Phi) is 6.68. The first-order valence-electron chi connectivity index (χ1n) is 8.13. The summed E-state index contributed by atoms with van der Waals surface area (Å²) in [6.07, 6.45) is -12.0. The van der Waals surface area contributed by atoms with E-state index >= 15 is 0 Å². The predicted octanol–water partition coefficient (Wildman–Crippen LogP) is 5.64. The molecule has 0 aromatic heterocycles. The van der Waals surface area contributed by atoms with Crippen molar-refractivity contribution in [2.24, 2.45) is 0 Å². The summed E-state index contributed by atoms with van der Waals surface area (Å²) in [6.45, 7) is 0. The molecule has 0 fully saturated rings. The van der Waals surface area contributed by atoms with Crippen LogP contribution in [0.5, 0.6) is 11.5 Å². The Morgan fingerprint density at radius 1 is 1.07 bits per heavy atom. The van der Waals surface area contributed by atoms with E-state index < -0.39 is 57.4 Å². The van der Waals surface area contributed by atoms with E-state index in [9.17, 15) is 39.3 Å². The van der Waals surface area contributed by atoms with Crippen LogP contribution in [0.25, 0.3) is 0 Å². The Morgan fingerprint density at radius 2 is 1.70 bits per heavy atom. The maximum absolute atomic E-state index is 13.0. The van der Waals surface area contributed by atoms with Crippen LogP contribution < -0.4 is 4.74 Å². The molecule has 2 rings (SSSR count). The second-order valence-corrected chi connectivity index (χ2v) is 7.72. The van der Waals surface area contributed by atoms with Crippen LogP contribution in [0.15, 0.2) is 42.5 Å². The van der Waals surface area contributed by atoms with E-state index in [0.29, 0.717) is 6.07 Å². The molecule has 0 radical (unpaired) electrons. The van der Waals surface area contributed by atoms with Crippen LogP contribution >= 0.6 is 0 Å². The minimum Gasteiger partial charge on any atom is -0.456 e. The van der Waals surface area contributed by atoms with Crippen molar-refractivity contribution in [3.8, 4) is 17.6 Å². The number of nitriles is 1. The monoisotopic (exact) mass is 453 g/mol. The number of alkyl halides is 6. The molecule has 0 saturated heterocycles. The summed E-state index contributed by atoms with van der Waals surface area (Å²) in [5, 5.41) is 7.16. The Balaban J connectivity index is 2.41. The first-order valence-corrected chi connectivity index (χ1v) is 9.64. The quantitative estimate of drug-likeness (QED) is 0.452. The van der Waals surface area contributed by atoms with Gasteiger partial charge >= 0.3 is 12.4 Å². The first-order chi connectivity index (χ1) is 13.7. The zero-order valence-electron chi connectivity index (χ0n) is 14.8. The fraction of sp³-hybridized carbons (Fsp3) is 0.278. The van der Waals surface area contributed by atoms with Gasteiger partial charge in [-0.2, -0.15) is 40.0 Å². The van der Waals surface area contributed by atoms with Crippen LogP contribution in [-0.4, -0.2) is 19.1 Å². The second kappa shape index (κ2) is 8.53. The summed E-state index contributed by atoms with van der Waals surface area (Å²) in [5.41, 5.74) is -2.33. The second-order valence-electron chi connectivity index (χ2n) is 6.12. The molecule has 0 aliphatic heterocycles. The van der Waals surface area contributed by atoms with Gasteiger partial charge in [0.05, 0.1) is 5.56 Å². The molecule has 0 spiro atoms. The molecule has 1 atom stereocenters. The van der Waals surface area contributed by atoms with E-state index in [1.54, 1.807) is 0 Å². The average Bonchev–Trinajstić information content (AvgIpc) is 2.59. The highest BCUT2D eigenvalue weighted by atomic mass is 32.2. The molecule has 12 heteroatoms. The molecular formula is C18H13F6NO4S. The lowest BCUT2D eigenvalue weighted by Crippen LogP contribution is -2.16. The number of rotatable bonds is 6. The van der Waals surface area contributed by atoms with Crippen molar-refractivity contribution >= 4 is 10.1 Å². The summed E-state index contributed by atoms with van der Waals surface area (Å²) in [5.74, 6) is -0.716. The molecular weight excluding hydrogens is 440 g/mol. The van der Waals surface area contributed by atoms with Crippen LogP contribution in [-0.2, 0) is 16.3 Å². The zero-order valence-corrected chi connectivity index (χ0v) is 15.6. The molecule has 5 nitrogen and oxygen atoms in total. The van der Waals surface area contributed by atoms with Gasteiger partial charge in [0.1, 0.15) is 28.4 Å². The SMILES string of the molecule is N#Cc1c(Oc2cccc(C(CCC(F)(F)F)S(=O)(=O)O)c2)cccc1C(F)(F)F. The van der Waals surface area contributed by atoms with Gasteiger partial charge < -0.3 is 4.74 Å². The van der Waals surface area contributed by atoms with Crippen molar-refractivity contribution in [3.63, 3.8) is 0 Å². The van der Waals surface area contributed by atoms with Crippen LogP contribution in [0.2, 0.25) is 0 Å². The first kappa shape index (κ1) is 23.5. The van der Waals surface area contributed by atoms with Crippen molar-refractivity contribution in [3.05, 3.63) is 59.2 Å². The Labute approximate surface area is 167 Å². The molecule has 0 amide bonds. The lowest BCUT2D eigenvalue weighted by Gasteiger charge is -2.17. The molecule has 0 aliphatic rings. The highest BCUT2D eigenvalue weighted by Gasteiger charge is 2.35. The van der Waals surface area contributed by atoms with Crippen LogP contribution in [0.1, 0.15) is 34.8 Å². The number of hydrogen-bond donors (Lipinski definition) is 1. The van der Waals surface area contributed by atoms with Gasteiger partial charge in [0.2, 0.25) is 0 Å². The summed E-state index contributed by atoms with van der Waals surface area (Å²) >= 11 is 0. The van der Waals surface area contributed by atoms with Crippen molar-refractivity contribution in [1.82, 2.24) is 0 Å². The Bertz CT molecular complexity index is 1060. The van der Waals surface area contributed by atoms with Crippen LogP contribution in [0.4, 0.5) is 26.3 Å². The van der Waals surface area contributed by atoms with Gasteiger partial charge in [0.25, 0.3) is 10.1 Å². The normalized spacial score (nSPS) is 13.5. The predicted molar refractivity (Wildman–Crippen MR) is 92.3 cm³/mol. The van der Waals surface area contributed by atoms with Gasteiger partial charge in [-0.05, 0) is 36.2 Å². The van der Waals surface area contributed by atoms with E-state index in [1.165, 1.54) is 18.2 Å². The van der Waals surface area contributed by atoms with Gasteiger partial charge in [-0.15, -0.1) is 0 Å². The van der Waals surface area contributed by atoms with Crippen LogP contribution in [0, 0.1) is 11.3 Å². The molecule has 162 valence electrons. The maximum Gasteiger partial charge on any atom is 0.417 e. The zero-order chi connectivity index (χ0) is 22.7. The molecule has 1 unspecified atom stereocenters. The van der Waals surface area contributed by atoms with E-state index in [2.05, 4.69) is 0 Å². The fourth-order valence-electron chi connectivity index (χ4n) is 2.66. The number of ether oxygens (including phenoxy) is 1. The molecule has 30 heavy (non-hydrogen) atoms. The largest absolute Gasteiger partial charge is 0.456 e. The van der Waals surface area contributed by atoms with Gasteiger partial charge in [-0.1, -0.05) is 18.2 Å². The van der Waals surface area contributed by atoms with Crippen LogP contribution in [0.3, 0.4) is 0 Å². The van der Waals surface area contributed by atoms with E-state index in [-0.39, 0.29) is 11.3 Å². The Morgan fingerprint density at radius 3 is 2.23 bits per heavy atom. The lowest BCUT2D eigenvalue weighted by molar-refractivity contribution is -0.138. The van der Waals surface area contributed by atoms with Crippen molar-refractivity contribution < 1.29 is 44.0 Å². The van der Waals surface area contributed by atoms with Gasteiger partial charge in [-0.3, -0.25) is 4.55 Å². The van der Waals surface area contributed by atoms with Crippen molar-refractivity contribution in [2.75, 3.05) is 0 Å². The third-order valence-electron chi connectivity index (χ3n) is 3.95.